The number of ketones is 1. The third-order valence-corrected chi connectivity index (χ3v) is 6.50. The van der Waals surface area contributed by atoms with Crippen molar-refractivity contribution in [1.29, 1.82) is 0 Å². The Hall–Kier alpha value is -3.16. The number of sulfonamides is 1. The number of hydrogen-bond donors (Lipinski definition) is 1. The van der Waals surface area contributed by atoms with Crippen LogP contribution in [0.1, 0.15) is 23.7 Å². The fourth-order valence-corrected chi connectivity index (χ4v) is 4.56. The van der Waals surface area contributed by atoms with Crippen molar-refractivity contribution in [1.82, 2.24) is 0 Å². The topological polar surface area (TPSA) is 83.9 Å². The molecule has 1 atom stereocenters. The van der Waals surface area contributed by atoms with Gasteiger partial charge in [-0.2, -0.15) is 0 Å². The Balaban J connectivity index is 1.73. The molecule has 1 N–H and O–H groups in total. The van der Waals surface area contributed by atoms with E-state index >= 15 is 0 Å². The van der Waals surface area contributed by atoms with Crippen LogP contribution in [0, 0.1) is 0 Å². The molecule has 0 aliphatic carbocycles. The van der Waals surface area contributed by atoms with Crippen LogP contribution in [0.2, 0.25) is 0 Å². The van der Waals surface area contributed by atoms with Crippen molar-refractivity contribution in [3.05, 3.63) is 90.5 Å². The van der Waals surface area contributed by atoms with Gasteiger partial charge in [0.05, 0.1) is 17.1 Å². The first-order chi connectivity index (χ1) is 14.9. The number of benzene rings is 3. The number of ether oxygens (including phenoxy) is 1. The lowest BCUT2D eigenvalue weighted by Crippen LogP contribution is -2.39. The minimum Gasteiger partial charge on any atom is -0.491 e. The number of para-hydroxylation sites is 1. The smallest absolute Gasteiger partial charge is 0.264 e. The SMILES string of the molecule is CCC(=O)c1ccc(OC[C@@H](O)CN(c2ccccc2)S(=O)(=O)c2ccccc2)cc1. The van der Waals surface area contributed by atoms with Gasteiger partial charge in [-0.15, -0.1) is 0 Å². The van der Waals surface area contributed by atoms with Crippen LogP contribution in [-0.2, 0) is 10.0 Å². The molecule has 0 amide bonds. The molecule has 0 aromatic heterocycles. The lowest BCUT2D eigenvalue weighted by Gasteiger charge is -2.27. The molecule has 3 rings (SSSR count). The van der Waals surface area contributed by atoms with Crippen molar-refractivity contribution in [2.24, 2.45) is 0 Å². The van der Waals surface area contributed by atoms with Gasteiger partial charge in [0.2, 0.25) is 0 Å². The molecule has 0 saturated carbocycles. The summed E-state index contributed by atoms with van der Waals surface area (Å²) in [6.45, 7) is 1.52. The van der Waals surface area contributed by atoms with Gasteiger partial charge in [-0.05, 0) is 48.5 Å². The van der Waals surface area contributed by atoms with Crippen molar-refractivity contribution >= 4 is 21.5 Å². The molecule has 6 nitrogen and oxygen atoms in total. The van der Waals surface area contributed by atoms with Gasteiger partial charge < -0.3 is 9.84 Å². The Morgan fingerprint density at radius 3 is 2.10 bits per heavy atom. The summed E-state index contributed by atoms with van der Waals surface area (Å²) < 4.78 is 33.2. The molecule has 31 heavy (non-hydrogen) atoms. The van der Waals surface area contributed by atoms with Crippen LogP contribution >= 0.6 is 0 Å². The number of carbonyl (C=O) groups excluding carboxylic acids is 1. The van der Waals surface area contributed by atoms with Crippen LogP contribution in [-0.4, -0.2) is 38.6 Å². The molecule has 0 aliphatic heterocycles. The van der Waals surface area contributed by atoms with E-state index in [1.54, 1.807) is 79.7 Å². The summed E-state index contributed by atoms with van der Waals surface area (Å²) in [5.74, 6) is 0.528. The zero-order chi connectivity index (χ0) is 22.3. The summed E-state index contributed by atoms with van der Waals surface area (Å²) in [6, 6.07) is 23.4. The predicted molar refractivity (Wildman–Crippen MR) is 120 cm³/mol. The van der Waals surface area contributed by atoms with Crippen LogP contribution in [0.5, 0.6) is 5.75 Å². The van der Waals surface area contributed by atoms with E-state index in [1.165, 1.54) is 16.4 Å². The number of nitrogens with zero attached hydrogens (tertiary/aromatic N) is 1. The van der Waals surface area contributed by atoms with Crippen molar-refractivity contribution in [2.45, 2.75) is 24.3 Å². The molecule has 0 unspecified atom stereocenters. The molecule has 0 bridgehead atoms. The Morgan fingerprint density at radius 2 is 1.52 bits per heavy atom. The molecule has 0 spiro atoms. The van der Waals surface area contributed by atoms with E-state index in [4.69, 9.17) is 4.74 Å². The third-order valence-electron chi connectivity index (χ3n) is 4.69. The van der Waals surface area contributed by atoms with E-state index in [-0.39, 0.29) is 23.8 Å². The minimum atomic E-state index is -3.87. The number of rotatable bonds is 10. The number of anilines is 1. The molecular weight excluding hydrogens is 414 g/mol. The lowest BCUT2D eigenvalue weighted by molar-refractivity contribution is 0.0987. The second kappa shape index (κ2) is 10.2. The molecule has 7 heteroatoms. The summed E-state index contributed by atoms with van der Waals surface area (Å²) in [7, 11) is -3.87. The Bertz CT molecular complexity index is 1080. The van der Waals surface area contributed by atoms with Crippen molar-refractivity contribution in [3.8, 4) is 5.75 Å². The van der Waals surface area contributed by atoms with E-state index in [2.05, 4.69) is 0 Å². The van der Waals surface area contributed by atoms with Crippen molar-refractivity contribution in [2.75, 3.05) is 17.5 Å². The Labute approximate surface area is 182 Å². The van der Waals surface area contributed by atoms with Gasteiger partial charge in [-0.3, -0.25) is 9.10 Å². The predicted octanol–water partition coefficient (Wildman–Crippen LogP) is 3.91. The quantitative estimate of drug-likeness (QED) is 0.484. The Morgan fingerprint density at radius 1 is 0.935 bits per heavy atom. The molecule has 0 saturated heterocycles. The fraction of sp³-hybridized carbons (Fsp3) is 0.208. The summed E-state index contributed by atoms with van der Waals surface area (Å²) in [5, 5.41) is 10.5. The molecule has 3 aromatic rings. The maximum Gasteiger partial charge on any atom is 0.264 e. The Kier molecular flexibility index (Phi) is 7.44. The van der Waals surface area contributed by atoms with Crippen LogP contribution < -0.4 is 9.04 Å². The summed E-state index contributed by atoms with van der Waals surface area (Å²) in [4.78, 5) is 11.9. The second-order valence-corrected chi connectivity index (χ2v) is 8.81. The minimum absolute atomic E-state index is 0.0382. The van der Waals surface area contributed by atoms with Gasteiger partial charge in [0.25, 0.3) is 10.0 Å². The van der Waals surface area contributed by atoms with Crippen LogP contribution in [0.25, 0.3) is 0 Å². The zero-order valence-corrected chi connectivity index (χ0v) is 18.0. The van der Waals surface area contributed by atoms with Gasteiger partial charge >= 0.3 is 0 Å². The highest BCUT2D eigenvalue weighted by Crippen LogP contribution is 2.24. The first-order valence-electron chi connectivity index (χ1n) is 9.98. The number of aliphatic hydroxyl groups is 1. The molecule has 3 aromatic carbocycles. The van der Waals surface area contributed by atoms with E-state index in [9.17, 15) is 18.3 Å². The van der Waals surface area contributed by atoms with Gasteiger partial charge in [0.1, 0.15) is 18.5 Å². The number of carbonyl (C=O) groups is 1. The maximum absolute atomic E-state index is 13.2. The molecule has 0 radical (unpaired) electrons. The van der Waals surface area contributed by atoms with Gasteiger partial charge in [0.15, 0.2) is 5.78 Å². The van der Waals surface area contributed by atoms with Crippen molar-refractivity contribution in [3.63, 3.8) is 0 Å². The van der Waals surface area contributed by atoms with Gasteiger partial charge in [-0.25, -0.2) is 8.42 Å². The van der Waals surface area contributed by atoms with E-state index in [0.29, 0.717) is 23.4 Å². The molecule has 0 aliphatic rings. The average Bonchev–Trinajstić information content (AvgIpc) is 2.82. The highest BCUT2D eigenvalue weighted by molar-refractivity contribution is 7.92. The summed E-state index contributed by atoms with van der Waals surface area (Å²) in [5.41, 5.74) is 1.05. The van der Waals surface area contributed by atoms with E-state index in [0.717, 1.165) is 0 Å². The number of aliphatic hydroxyl groups excluding tert-OH is 1. The van der Waals surface area contributed by atoms with Gasteiger partial charge in [-0.1, -0.05) is 43.3 Å². The monoisotopic (exact) mass is 439 g/mol. The third kappa shape index (κ3) is 5.71. The van der Waals surface area contributed by atoms with Crippen LogP contribution in [0.3, 0.4) is 0 Å². The van der Waals surface area contributed by atoms with Gasteiger partial charge in [0, 0.05) is 12.0 Å². The average molecular weight is 440 g/mol. The number of hydrogen-bond acceptors (Lipinski definition) is 5. The van der Waals surface area contributed by atoms with Crippen LogP contribution in [0.4, 0.5) is 5.69 Å². The molecule has 162 valence electrons. The molecule has 0 heterocycles. The lowest BCUT2D eigenvalue weighted by atomic mass is 10.1. The van der Waals surface area contributed by atoms with Crippen molar-refractivity contribution < 1.29 is 23.1 Å². The fourth-order valence-electron chi connectivity index (χ4n) is 3.03. The highest BCUT2D eigenvalue weighted by atomic mass is 32.2. The molecular formula is C24H25NO5S. The van der Waals surface area contributed by atoms with Crippen LogP contribution in [0.15, 0.2) is 89.8 Å². The first-order valence-corrected chi connectivity index (χ1v) is 11.4. The normalized spacial score (nSPS) is 12.2. The highest BCUT2D eigenvalue weighted by Gasteiger charge is 2.27. The van der Waals surface area contributed by atoms with E-state index in [1.807, 2.05) is 0 Å². The standard InChI is InChI=1S/C24H25NO5S/c1-2-24(27)19-13-15-22(16-14-19)30-18-21(26)17-25(20-9-5-3-6-10-20)31(28,29)23-11-7-4-8-12-23/h3-16,21,26H,2,17-18H2,1H3/t21-/m0/s1. The second-order valence-electron chi connectivity index (χ2n) is 6.95. The maximum atomic E-state index is 13.2. The van der Waals surface area contributed by atoms with E-state index < -0.39 is 16.1 Å². The largest absolute Gasteiger partial charge is 0.491 e. The molecule has 0 fully saturated rings. The first kappa shape index (κ1) is 22.5. The number of Topliss-reactive ketones (excluding diaryl/α,β-unsaturated/α-hetero) is 1. The summed E-state index contributed by atoms with van der Waals surface area (Å²) in [6.07, 6.45) is -0.653. The zero-order valence-electron chi connectivity index (χ0n) is 17.2. The summed E-state index contributed by atoms with van der Waals surface area (Å²) >= 11 is 0.